The quantitative estimate of drug-likeness (QED) is 0.424. The van der Waals surface area contributed by atoms with Gasteiger partial charge in [0.05, 0.1) is 0 Å². The highest BCUT2D eigenvalue weighted by Crippen LogP contribution is 2.28. The van der Waals surface area contributed by atoms with Crippen molar-refractivity contribution in [3.63, 3.8) is 0 Å². The summed E-state index contributed by atoms with van der Waals surface area (Å²) in [7, 11) is 0. The van der Waals surface area contributed by atoms with E-state index in [2.05, 4.69) is 16.7 Å². The second-order valence-electron chi connectivity index (χ2n) is 11.2. The Balaban J connectivity index is 1.37. The molecule has 0 saturated heterocycles. The molecule has 0 radical (unpaired) electrons. The summed E-state index contributed by atoms with van der Waals surface area (Å²) in [6.45, 7) is 7.45. The zero-order valence-electron chi connectivity index (χ0n) is 22.4. The zero-order valence-corrected chi connectivity index (χ0v) is 23.1. The minimum absolute atomic E-state index is 0.00409. The Hall–Kier alpha value is -2.73. The molecule has 2 aromatic carbocycles. The van der Waals surface area contributed by atoms with Crippen LogP contribution in [0.3, 0.4) is 0 Å². The van der Waals surface area contributed by atoms with Crippen molar-refractivity contribution in [2.45, 2.75) is 90.3 Å². The first-order valence-electron chi connectivity index (χ1n) is 13.6. The van der Waals surface area contributed by atoms with Crippen molar-refractivity contribution in [1.82, 2.24) is 10.2 Å². The molecule has 0 spiro atoms. The molecule has 1 fully saturated rings. The maximum absolute atomic E-state index is 12.7. The van der Waals surface area contributed by atoms with E-state index < -0.39 is 5.60 Å². The Kier molecular flexibility index (Phi) is 9.01. The Labute approximate surface area is 226 Å². The Morgan fingerprint density at radius 3 is 2.32 bits per heavy atom. The molecule has 4 rings (SSSR count). The first kappa shape index (κ1) is 27.3. The van der Waals surface area contributed by atoms with E-state index in [1.54, 1.807) is 4.90 Å². The van der Waals surface area contributed by atoms with Gasteiger partial charge >= 0.3 is 6.09 Å². The molecule has 37 heavy (non-hydrogen) atoms. The molecule has 1 saturated carbocycles. The summed E-state index contributed by atoms with van der Waals surface area (Å²) in [5.41, 5.74) is 4.58. The van der Waals surface area contributed by atoms with Crippen molar-refractivity contribution in [3.8, 4) is 0 Å². The lowest BCUT2D eigenvalue weighted by Gasteiger charge is -2.26. The molecule has 7 heteroatoms. The van der Waals surface area contributed by atoms with Gasteiger partial charge in [-0.2, -0.15) is 0 Å². The third-order valence-corrected chi connectivity index (χ3v) is 7.57. The minimum atomic E-state index is -0.514. The summed E-state index contributed by atoms with van der Waals surface area (Å²) in [5, 5.41) is 7.40. The van der Waals surface area contributed by atoms with Crippen LogP contribution in [0.1, 0.15) is 86.3 Å². The number of halogens is 1. The van der Waals surface area contributed by atoms with Gasteiger partial charge in [0.15, 0.2) is 0 Å². The first-order chi connectivity index (χ1) is 17.7. The van der Waals surface area contributed by atoms with E-state index in [9.17, 15) is 9.59 Å². The molecular formula is C30H40ClN3O3. The highest BCUT2D eigenvalue weighted by molar-refractivity contribution is 6.31. The predicted molar refractivity (Wildman–Crippen MR) is 149 cm³/mol. The fraction of sp³-hybridized carbons (Fsp3) is 0.533. The number of rotatable bonds is 5. The third kappa shape index (κ3) is 7.64. The van der Waals surface area contributed by atoms with Crippen molar-refractivity contribution in [2.75, 3.05) is 18.4 Å². The van der Waals surface area contributed by atoms with Gasteiger partial charge in [-0.25, -0.2) is 4.79 Å². The van der Waals surface area contributed by atoms with Gasteiger partial charge in [0.1, 0.15) is 5.60 Å². The monoisotopic (exact) mass is 525 g/mol. The van der Waals surface area contributed by atoms with E-state index in [-0.39, 0.29) is 18.0 Å². The summed E-state index contributed by atoms with van der Waals surface area (Å²) in [5.74, 6) is 0.00409. The molecule has 0 bridgehead atoms. The maximum Gasteiger partial charge on any atom is 0.410 e. The molecule has 0 unspecified atom stereocenters. The summed E-state index contributed by atoms with van der Waals surface area (Å²) < 4.78 is 5.59. The average molecular weight is 526 g/mol. The number of amides is 2. The number of fused-ring (bicyclic) bond motifs is 1. The van der Waals surface area contributed by atoms with Crippen molar-refractivity contribution >= 4 is 29.3 Å². The Bertz CT molecular complexity index is 1090. The first-order valence-corrected chi connectivity index (χ1v) is 14.0. The van der Waals surface area contributed by atoms with Gasteiger partial charge < -0.3 is 20.3 Å². The summed E-state index contributed by atoms with van der Waals surface area (Å²) in [6.07, 6.45) is 8.29. The lowest BCUT2D eigenvalue weighted by atomic mass is 9.97. The molecule has 6 nitrogen and oxygen atoms in total. The number of anilines is 1. The normalized spacial score (nSPS) is 16.8. The molecule has 0 aromatic heterocycles. The van der Waals surface area contributed by atoms with Gasteiger partial charge in [-0.1, -0.05) is 43.4 Å². The molecule has 200 valence electrons. The summed E-state index contributed by atoms with van der Waals surface area (Å²) in [6, 6.07) is 11.9. The lowest BCUT2D eigenvalue weighted by molar-refractivity contribution is 0.0258. The fourth-order valence-corrected chi connectivity index (χ4v) is 5.44. The van der Waals surface area contributed by atoms with Crippen LogP contribution in [-0.4, -0.2) is 41.6 Å². The van der Waals surface area contributed by atoms with Gasteiger partial charge in [0.2, 0.25) is 0 Å². The van der Waals surface area contributed by atoms with E-state index in [4.69, 9.17) is 16.3 Å². The van der Waals surface area contributed by atoms with Gasteiger partial charge in [-0.3, -0.25) is 4.79 Å². The SMILES string of the molecule is CC(C)(C)OC(=O)N1CCc2ccc(Cl)c(CNc3ccc(C(=O)NC4CCCCCC4)cc3)c2CC1. The number of nitrogens with one attached hydrogen (secondary N) is 2. The van der Waals surface area contributed by atoms with E-state index in [1.807, 2.05) is 51.1 Å². The average Bonchev–Trinajstić information content (AvgIpc) is 3.24. The van der Waals surface area contributed by atoms with Gasteiger partial charge in [-0.05, 0) is 93.5 Å². The van der Waals surface area contributed by atoms with Crippen LogP contribution in [0.4, 0.5) is 10.5 Å². The number of ether oxygens (including phenoxy) is 1. The number of hydrogen-bond acceptors (Lipinski definition) is 4. The molecule has 2 amide bonds. The van der Waals surface area contributed by atoms with Gasteiger partial charge in [0, 0.05) is 41.9 Å². The predicted octanol–water partition coefficient (Wildman–Crippen LogP) is 6.74. The van der Waals surface area contributed by atoms with Crippen LogP contribution in [0.15, 0.2) is 36.4 Å². The van der Waals surface area contributed by atoms with Crippen LogP contribution in [0.2, 0.25) is 5.02 Å². The van der Waals surface area contributed by atoms with Gasteiger partial charge in [-0.15, -0.1) is 0 Å². The fourth-order valence-electron chi connectivity index (χ4n) is 5.20. The molecule has 1 aliphatic carbocycles. The van der Waals surface area contributed by atoms with Crippen LogP contribution in [0.5, 0.6) is 0 Å². The van der Waals surface area contributed by atoms with Crippen molar-refractivity contribution in [1.29, 1.82) is 0 Å². The third-order valence-electron chi connectivity index (χ3n) is 7.21. The molecule has 1 heterocycles. The van der Waals surface area contributed by atoms with Crippen LogP contribution >= 0.6 is 11.6 Å². The smallest absolute Gasteiger partial charge is 0.410 e. The standard InChI is InChI=1S/C30H40ClN3O3/c1-30(2,3)37-29(36)34-18-16-21-12-15-27(31)26(25(21)17-19-34)20-32-23-13-10-22(11-14-23)28(35)33-24-8-6-4-5-7-9-24/h10-15,24,32H,4-9,16-20H2,1-3H3,(H,33,35). The summed E-state index contributed by atoms with van der Waals surface area (Å²) >= 11 is 6.64. The molecule has 2 aliphatic rings. The van der Waals surface area contributed by atoms with Crippen LogP contribution in [-0.2, 0) is 24.1 Å². The maximum atomic E-state index is 12.7. The van der Waals surface area contributed by atoms with E-state index >= 15 is 0 Å². The second kappa shape index (κ2) is 12.2. The van der Waals surface area contributed by atoms with Crippen molar-refractivity contribution < 1.29 is 14.3 Å². The number of nitrogens with zero attached hydrogens (tertiary/aromatic N) is 1. The number of carbonyl (C=O) groups is 2. The summed E-state index contributed by atoms with van der Waals surface area (Å²) in [4.78, 5) is 27.1. The largest absolute Gasteiger partial charge is 0.444 e. The Morgan fingerprint density at radius 1 is 0.973 bits per heavy atom. The van der Waals surface area contributed by atoms with Crippen molar-refractivity contribution in [3.05, 3.63) is 63.7 Å². The van der Waals surface area contributed by atoms with Crippen LogP contribution in [0.25, 0.3) is 0 Å². The molecular weight excluding hydrogens is 486 g/mol. The molecule has 2 aromatic rings. The number of benzene rings is 2. The second-order valence-corrected chi connectivity index (χ2v) is 11.6. The van der Waals surface area contributed by atoms with E-state index in [0.29, 0.717) is 25.2 Å². The van der Waals surface area contributed by atoms with E-state index in [1.165, 1.54) is 36.8 Å². The Morgan fingerprint density at radius 2 is 1.65 bits per heavy atom. The number of hydrogen-bond donors (Lipinski definition) is 2. The molecule has 1 aliphatic heterocycles. The van der Waals surface area contributed by atoms with E-state index in [0.717, 1.165) is 42.0 Å². The van der Waals surface area contributed by atoms with Gasteiger partial charge in [0.25, 0.3) is 5.91 Å². The molecule has 0 atom stereocenters. The molecule has 2 N–H and O–H groups in total. The lowest BCUT2D eigenvalue weighted by Crippen LogP contribution is -2.38. The minimum Gasteiger partial charge on any atom is -0.444 e. The van der Waals surface area contributed by atoms with Crippen LogP contribution in [0, 0.1) is 0 Å². The highest BCUT2D eigenvalue weighted by atomic mass is 35.5. The number of carbonyl (C=O) groups excluding carboxylic acids is 2. The zero-order chi connectivity index (χ0) is 26.4. The highest BCUT2D eigenvalue weighted by Gasteiger charge is 2.25. The van der Waals surface area contributed by atoms with Crippen LogP contribution < -0.4 is 10.6 Å². The van der Waals surface area contributed by atoms with Crippen molar-refractivity contribution in [2.24, 2.45) is 0 Å². The topological polar surface area (TPSA) is 70.7 Å².